The number of amides is 1. The highest BCUT2D eigenvalue weighted by molar-refractivity contribution is 5.93. The van der Waals surface area contributed by atoms with Crippen LogP contribution in [0.3, 0.4) is 0 Å². The molecule has 116 valence electrons. The van der Waals surface area contributed by atoms with Crippen LogP contribution in [0, 0.1) is 11.3 Å². The lowest BCUT2D eigenvalue weighted by Gasteiger charge is -2.04. The highest BCUT2D eigenvalue weighted by Crippen LogP contribution is 2.03. The molecule has 2 aromatic rings. The van der Waals surface area contributed by atoms with E-state index in [0.29, 0.717) is 17.7 Å². The third-order valence-corrected chi connectivity index (χ3v) is 3.12. The number of aliphatic carboxylic acids is 1. The molecule has 0 fully saturated rings. The fraction of sp³-hybridized carbons (Fsp3) is 0.188. The second-order valence-electron chi connectivity index (χ2n) is 4.81. The number of rotatable bonds is 6. The summed E-state index contributed by atoms with van der Waals surface area (Å²) in [6, 6.07) is 10.6. The smallest absolute Gasteiger partial charge is 0.309 e. The molecule has 7 heteroatoms. The van der Waals surface area contributed by atoms with Crippen molar-refractivity contribution >= 4 is 11.9 Å². The minimum Gasteiger partial charge on any atom is -0.481 e. The first-order valence-corrected chi connectivity index (χ1v) is 6.93. The van der Waals surface area contributed by atoms with E-state index >= 15 is 0 Å². The SMILES string of the molecule is N#Cc1ccc(CNC(=O)c2cc[n+](CCC(=O)O)nc2)cc1. The summed E-state index contributed by atoms with van der Waals surface area (Å²) >= 11 is 0. The van der Waals surface area contributed by atoms with Crippen molar-refractivity contribution in [3.05, 3.63) is 59.4 Å². The maximum atomic E-state index is 12.0. The van der Waals surface area contributed by atoms with E-state index in [1.54, 1.807) is 36.5 Å². The number of nitriles is 1. The van der Waals surface area contributed by atoms with Gasteiger partial charge in [-0.1, -0.05) is 16.8 Å². The molecule has 7 nitrogen and oxygen atoms in total. The molecule has 23 heavy (non-hydrogen) atoms. The van der Waals surface area contributed by atoms with Crippen LogP contribution < -0.4 is 10.00 Å². The maximum Gasteiger partial charge on any atom is 0.309 e. The Hall–Kier alpha value is -3.27. The largest absolute Gasteiger partial charge is 0.481 e. The van der Waals surface area contributed by atoms with Crippen molar-refractivity contribution in [3.63, 3.8) is 0 Å². The molecule has 0 aliphatic rings. The third kappa shape index (κ3) is 4.89. The zero-order chi connectivity index (χ0) is 16.7. The van der Waals surface area contributed by atoms with Gasteiger partial charge >= 0.3 is 5.97 Å². The van der Waals surface area contributed by atoms with Gasteiger partial charge < -0.3 is 10.4 Å². The van der Waals surface area contributed by atoms with Crippen molar-refractivity contribution in [1.29, 1.82) is 5.26 Å². The Bertz CT molecular complexity index is 733. The summed E-state index contributed by atoms with van der Waals surface area (Å²) in [6.07, 6.45) is 2.94. The Morgan fingerprint density at radius 1 is 1.26 bits per heavy atom. The summed E-state index contributed by atoms with van der Waals surface area (Å²) in [4.78, 5) is 22.5. The molecule has 0 unspecified atom stereocenters. The number of nitrogens with zero attached hydrogens (tertiary/aromatic N) is 3. The van der Waals surface area contributed by atoms with Crippen molar-refractivity contribution in [2.45, 2.75) is 19.5 Å². The molecule has 0 saturated carbocycles. The van der Waals surface area contributed by atoms with Crippen molar-refractivity contribution in [2.24, 2.45) is 0 Å². The van der Waals surface area contributed by atoms with Gasteiger partial charge in [0.15, 0.2) is 12.7 Å². The number of carbonyl (C=O) groups is 2. The lowest BCUT2D eigenvalue weighted by molar-refractivity contribution is -0.753. The standard InChI is InChI=1S/C16H14N4O3/c17-9-12-1-3-13(4-2-12)10-18-16(23)14-5-7-20(19-11-14)8-6-15(21)22/h1-5,7,11H,6,8,10H2,(H-,18,21,22,23)/p+1. The van der Waals surface area contributed by atoms with E-state index in [2.05, 4.69) is 10.4 Å². The fourth-order valence-electron chi connectivity index (χ4n) is 1.84. The topological polar surface area (TPSA) is 107 Å². The average molecular weight is 311 g/mol. The normalized spacial score (nSPS) is 9.87. The molecule has 0 spiro atoms. The highest BCUT2D eigenvalue weighted by atomic mass is 16.4. The molecule has 1 heterocycles. The predicted octanol–water partition coefficient (Wildman–Crippen LogP) is 0.645. The first kappa shape index (κ1) is 16.1. The Morgan fingerprint density at radius 3 is 2.57 bits per heavy atom. The van der Waals surface area contributed by atoms with Crippen LogP contribution in [-0.4, -0.2) is 22.1 Å². The molecular weight excluding hydrogens is 296 g/mol. The van der Waals surface area contributed by atoms with Crippen LogP contribution in [0.2, 0.25) is 0 Å². The number of aryl methyl sites for hydroxylation is 1. The van der Waals surface area contributed by atoms with Crippen LogP contribution in [0.5, 0.6) is 0 Å². The van der Waals surface area contributed by atoms with Gasteiger partial charge in [0.05, 0.1) is 17.2 Å². The number of hydrogen-bond donors (Lipinski definition) is 2. The summed E-state index contributed by atoms with van der Waals surface area (Å²) in [6.45, 7) is 0.598. The van der Waals surface area contributed by atoms with E-state index in [4.69, 9.17) is 10.4 Å². The Morgan fingerprint density at radius 2 is 2.00 bits per heavy atom. The summed E-state index contributed by atoms with van der Waals surface area (Å²) in [5.41, 5.74) is 1.85. The lowest BCUT2D eigenvalue weighted by atomic mass is 10.1. The zero-order valence-electron chi connectivity index (χ0n) is 12.3. The number of nitrogens with one attached hydrogen (secondary N) is 1. The van der Waals surface area contributed by atoms with Gasteiger partial charge in [0.1, 0.15) is 12.6 Å². The predicted molar refractivity (Wildman–Crippen MR) is 79.0 cm³/mol. The van der Waals surface area contributed by atoms with E-state index in [0.717, 1.165) is 5.56 Å². The first-order valence-electron chi connectivity index (χ1n) is 6.93. The monoisotopic (exact) mass is 311 g/mol. The van der Waals surface area contributed by atoms with E-state index < -0.39 is 5.97 Å². The van der Waals surface area contributed by atoms with Crippen LogP contribution in [-0.2, 0) is 17.9 Å². The first-order chi connectivity index (χ1) is 11.1. The number of carboxylic acids is 1. The summed E-state index contributed by atoms with van der Waals surface area (Å²) in [7, 11) is 0. The molecule has 0 aliphatic heterocycles. The molecule has 0 radical (unpaired) electrons. The van der Waals surface area contributed by atoms with Gasteiger partial charge in [0, 0.05) is 12.6 Å². The van der Waals surface area contributed by atoms with Gasteiger partial charge in [0.2, 0.25) is 0 Å². The number of carbonyl (C=O) groups excluding carboxylic acids is 1. The summed E-state index contributed by atoms with van der Waals surface area (Å²) < 4.78 is 1.46. The zero-order valence-corrected chi connectivity index (χ0v) is 12.3. The second-order valence-corrected chi connectivity index (χ2v) is 4.81. The van der Waals surface area contributed by atoms with Gasteiger partial charge in [-0.2, -0.15) is 5.26 Å². The van der Waals surface area contributed by atoms with Crippen LogP contribution in [0.1, 0.15) is 27.9 Å². The van der Waals surface area contributed by atoms with Crippen LogP contribution >= 0.6 is 0 Å². The van der Waals surface area contributed by atoms with Gasteiger partial charge in [-0.15, -0.1) is 0 Å². The molecule has 1 amide bonds. The minimum absolute atomic E-state index is 0.0259. The number of benzene rings is 1. The van der Waals surface area contributed by atoms with Gasteiger partial charge in [-0.25, -0.2) is 0 Å². The van der Waals surface area contributed by atoms with E-state index in [9.17, 15) is 9.59 Å². The van der Waals surface area contributed by atoms with Gasteiger partial charge in [-0.3, -0.25) is 9.59 Å². The van der Waals surface area contributed by atoms with Crippen LogP contribution in [0.4, 0.5) is 0 Å². The minimum atomic E-state index is -0.900. The number of carboxylic acid groups (broad SMARTS) is 1. The fourth-order valence-corrected chi connectivity index (χ4v) is 1.84. The van der Waals surface area contributed by atoms with Crippen molar-refractivity contribution < 1.29 is 19.4 Å². The second kappa shape index (κ2) is 7.66. The van der Waals surface area contributed by atoms with E-state index in [-0.39, 0.29) is 18.9 Å². The molecular formula is C16H15N4O3+. The molecule has 2 rings (SSSR count). The van der Waals surface area contributed by atoms with E-state index in [1.807, 2.05) is 6.07 Å². The molecule has 0 saturated heterocycles. The Balaban J connectivity index is 1.89. The van der Waals surface area contributed by atoms with E-state index in [1.165, 1.54) is 10.9 Å². The quantitative estimate of drug-likeness (QED) is 0.762. The summed E-state index contributed by atoms with van der Waals surface area (Å²) in [5, 5.41) is 24.1. The third-order valence-electron chi connectivity index (χ3n) is 3.12. The summed E-state index contributed by atoms with van der Waals surface area (Å²) in [5.74, 6) is -1.17. The lowest BCUT2D eigenvalue weighted by Crippen LogP contribution is -2.39. The number of aromatic nitrogens is 2. The Kier molecular flexibility index (Phi) is 5.36. The maximum absolute atomic E-state index is 12.0. The molecule has 1 aromatic carbocycles. The van der Waals surface area contributed by atoms with Crippen molar-refractivity contribution in [1.82, 2.24) is 10.4 Å². The number of hydrogen-bond acceptors (Lipinski definition) is 4. The van der Waals surface area contributed by atoms with Crippen molar-refractivity contribution in [2.75, 3.05) is 0 Å². The van der Waals surface area contributed by atoms with Gasteiger partial charge in [-0.05, 0) is 22.8 Å². The molecule has 0 atom stereocenters. The molecule has 0 aliphatic carbocycles. The Labute approximate surface area is 132 Å². The van der Waals surface area contributed by atoms with Crippen LogP contribution in [0.25, 0.3) is 0 Å². The van der Waals surface area contributed by atoms with Crippen molar-refractivity contribution in [3.8, 4) is 6.07 Å². The molecule has 1 aromatic heterocycles. The average Bonchev–Trinajstić information content (AvgIpc) is 2.58. The molecule has 2 N–H and O–H groups in total. The highest BCUT2D eigenvalue weighted by Gasteiger charge is 2.10. The van der Waals surface area contributed by atoms with Gasteiger partial charge in [0.25, 0.3) is 5.91 Å². The molecule has 0 bridgehead atoms. The van der Waals surface area contributed by atoms with Crippen LogP contribution in [0.15, 0.2) is 42.7 Å².